The Hall–Kier alpha value is -2.59. The molecule has 3 aromatic rings. The summed E-state index contributed by atoms with van der Waals surface area (Å²) in [6, 6.07) is 13.2. The minimum absolute atomic E-state index is 0.0608. The lowest BCUT2D eigenvalue weighted by Crippen LogP contribution is -2.05. The fourth-order valence-electron chi connectivity index (χ4n) is 2.15. The highest BCUT2D eigenvalue weighted by atomic mass is 35.5. The van der Waals surface area contributed by atoms with Crippen LogP contribution in [0.1, 0.15) is 16.1 Å². The predicted molar refractivity (Wildman–Crippen MR) is 86.9 cm³/mol. The summed E-state index contributed by atoms with van der Waals surface area (Å²) in [6.07, 6.45) is 3.53. The molecule has 5 heteroatoms. The zero-order chi connectivity index (χ0) is 16.2. The van der Waals surface area contributed by atoms with Gasteiger partial charge in [0.15, 0.2) is 5.78 Å². The molecule has 1 aromatic carbocycles. The van der Waals surface area contributed by atoms with Crippen molar-refractivity contribution in [2.24, 2.45) is 0 Å². The first-order chi connectivity index (χ1) is 11.1. The molecule has 0 saturated heterocycles. The summed E-state index contributed by atoms with van der Waals surface area (Å²) in [6.45, 7) is 0. The fraction of sp³-hybridized carbons (Fsp3) is 0.0556. The molecule has 0 atom stereocenters. The van der Waals surface area contributed by atoms with E-state index in [9.17, 15) is 9.18 Å². The Morgan fingerprint density at radius 2 is 1.96 bits per heavy atom. The van der Waals surface area contributed by atoms with Crippen LogP contribution in [-0.4, -0.2) is 15.8 Å². The van der Waals surface area contributed by atoms with E-state index >= 15 is 0 Å². The van der Waals surface area contributed by atoms with E-state index in [0.717, 1.165) is 11.3 Å². The highest BCUT2D eigenvalue weighted by Gasteiger charge is 2.11. The van der Waals surface area contributed by atoms with Gasteiger partial charge in [0.25, 0.3) is 0 Å². The molecule has 23 heavy (non-hydrogen) atoms. The first-order valence-electron chi connectivity index (χ1n) is 6.98. The third-order valence-electron chi connectivity index (χ3n) is 3.37. The van der Waals surface area contributed by atoms with E-state index in [1.807, 2.05) is 24.3 Å². The molecule has 0 aliphatic rings. The Morgan fingerprint density at radius 1 is 1.09 bits per heavy atom. The van der Waals surface area contributed by atoms with Crippen LogP contribution in [0.5, 0.6) is 0 Å². The fourth-order valence-corrected chi connectivity index (χ4v) is 2.33. The second-order valence-corrected chi connectivity index (χ2v) is 5.39. The van der Waals surface area contributed by atoms with Crippen LogP contribution in [0.3, 0.4) is 0 Å². The Labute approximate surface area is 137 Å². The topological polar surface area (TPSA) is 42.9 Å². The van der Waals surface area contributed by atoms with Crippen molar-refractivity contribution in [3.05, 3.63) is 83.0 Å². The Morgan fingerprint density at radius 3 is 2.61 bits per heavy atom. The van der Waals surface area contributed by atoms with Gasteiger partial charge in [0.2, 0.25) is 0 Å². The largest absolute Gasteiger partial charge is 0.294 e. The number of rotatable bonds is 4. The van der Waals surface area contributed by atoms with E-state index in [2.05, 4.69) is 9.97 Å². The third-order valence-corrected chi connectivity index (χ3v) is 3.66. The molecule has 0 spiro atoms. The van der Waals surface area contributed by atoms with Crippen molar-refractivity contribution in [3.8, 4) is 11.3 Å². The zero-order valence-electron chi connectivity index (χ0n) is 12.0. The summed E-state index contributed by atoms with van der Waals surface area (Å²) < 4.78 is 13.1. The van der Waals surface area contributed by atoms with Crippen LogP contribution in [-0.2, 0) is 6.42 Å². The van der Waals surface area contributed by atoms with E-state index in [-0.39, 0.29) is 17.2 Å². The number of halogens is 2. The molecule has 0 fully saturated rings. The first-order valence-corrected chi connectivity index (χ1v) is 7.36. The van der Waals surface area contributed by atoms with Crippen LogP contribution in [0, 0.1) is 5.82 Å². The van der Waals surface area contributed by atoms with E-state index < -0.39 is 5.82 Å². The number of benzene rings is 1. The average molecular weight is 327 g/mol. The van der Waals surface area contributed by atoms with Crippen molar-refractivity contribution in [1.29, 1.82) is 0 Å². The maximum atomic E-state index is 13.1. The molecule has 2 aromatic heterocycles. The first kappa shape index (κ1) is 15.3. The molecule has 0 N–H and O–H groups in total. The third kappa shape index (κ3) is 3.60. The smallest absolute Gasteiger partial charge is 0.168 e. The van der Waals surface area contributed by atoms with Gasteiger partial charge in [-0.25, -0.2) is 4.39 Å². The van der Waals surface area contributed by atoms with Crippen molar-refractivity contribution in [1.82, 2.24) is 9.97 Å². The summed E-state index contributed by atoms with van der Waals surface area (Å²) in [4.78, 5) is 20.7. The van der Waals surface area contributed by atoms with Gasteiger partial charge in [-0.15, -0.1) is 0 Å². The summed E-state index contributed by atoms with van der Waals surface area (Å²) in [5, 5.41) is -0.0608. The lowest BCUT2D eigenvalue weighted by atomic mass is 10.1. The van der Waals surface area contributed by atoms with Crippen molar-refractivity contribution < 1.29 is 9.18 Å². The second-order valence-electron chi connectivity index (χ2n) is 4.98. The van der Waals surface area contributed by atoms with Gasteiger partial charge >= 0.3 is 0 Å². The highest BCUT2D eigenvalue weighted by molar-refractivity contribution is 6.31. The number of hydrogen-bond acceptors (Lipinski definition) is 3. The number of hydrogen-bond donors (Lipinski definition) is 0. The van der Waals surface area contributed by atoms with Gasteiger partial charge in [0.05, 0.1) is 17.1 Å². The van der Waals surface area contributed by atoms with Crippen molar-refractivity contribution in [2.45, 2.75) is 6.42 Å². The molecular weight excluding hydrogens is 315 g/mol. The van der Waals surface area contributed by atoms with E-state index in [1.54, 1.807) is 18.5 Å². The Kier molecular flexibility index (Phi) is 4.44. The van der Waals surface area contributed by atoms with Crippen LogP contribution in [0.2, 0.25) is 5.02 Å². The lowest BCUT2D eigenvalue weighted by Gasteiger charge is -2.04. The Balaban J connectivity index is 1.75. The maximum absolute atomic E-state index is 13.1. The summed E-state index contributed by atoms with van der Waals surface area (Å²) in [5.41, 5.74) is 2.71. The molecule has 0 aliphatic heterocycles. The van der Waals surface area contributed by atoms with Crippen molar-refractivity contribution in [3.63, 3.8) is 0 Å². The molecule has 0 saturated carbocycles. The minimum atomic E-state index is -0.541. The molecule has 0 radical (unpaired) electrons. The van der Waals surface area contributed by atoms with Crippen LogP contribution in [0.15, 0.2) is 60.9 Å². The number of nitrogens with zero attached hydrogens (tertiary/aromatic N) is 2. The monoisotopic (exact) mass is 326 g/mol. The van der Waals surface area contributed by atoms with Gasteiger partial charge in [-0.1, -0.05) is 17.7 Å². The zero-order valence-corrected chi connectivity index (χ0v) is 12.8. The molecule has 0 aliphatic carbocycles. The van der Waals surface area contributed by atoms with Crippen LogP contribution >= 0.6 is 11.6 Å². The number of Topliss-reactive ketones (excluding diaryl/α,β-unsaturated/α-hetero) is 1. The summed E-state index contributed by atoms with van der Waals surface area (Å²) in [7, 11) is 0. The molecule has 0 bridgehead atoms. The molecule has 0 amide bonds. The van der Waals surface area contributed by atoms with Gasteiger partial charge in [-0.2, -0.15) is 0 Å². The maximum Gasteiger partial charge on any atom is 0.168 e. The number of ketones is 1. The Bertz CT molecular complexity index is 835. The van der Waals surface area contributed by atoms with Crippen LogP contribution in [0.4, 0.5) is 4.39 Å². The van der Waals surface area contributed by atoms with Gasteiger partial charge in [0.1, 0.15) is 5.82 Å². The van der Waals surface area contributed by atoms with E-state index in [1.165, 1.54) is 18.2 Å². The van der Waals surface area contributed by atoms with Gasteiger partial charge < -0.3 is 0 Å². The van der Waals surface area contributed by atoms with E-state index in [4.69, 9.17) is 11.6 Å². The summed E-state index contributed by atoms with van der Waals surface area (Å²) >= 11 is 5.70. The van der Waals surface area contributed by atoms with Crippen molar-refractivity contribution in [2.75, 3.05) is 0 Å². The number of carbonyl (C=O) groups excluding carboxylic acids is 1. The van der Waals surface area contributed by atoms with Crippen molar-refractivity contribution >= 4 is 17.4 Å². The second kappa shape index (κ2) is 6.67. The van der Waals surface area contributed by atoms with Crippen LogP contribution < -0.4 is 0 Å². The predicted octanol–water partition coefficient (Wildman–Crippen LogP) is 4.36. The number of carbonyl (C=O) groups is 1. The highest BCUT2D eigenvalue weighted by Crippen LogP contribution is 2.18. The SMILES string of the molecule is O=C(Cc1ccc(-c2ccccn2)cn1)c1ccc(F)c(Cl)c1. The molecule has 0 unspecified atom stereocenters. The van der Waals surface area contributed by atoms with E-state index in [0.29, 0.717) is 11.3 Å². The van der Waals surface area contributed by atoms with Crippen LogP contribution in [0.25, 0.3) is 11.3 Å². The average Bonchev–Trinajstić information content (AvgIpc) is 2.59. The van der Waals surface area contributed by atoms with Gasteiger partial charge in [0, 0.05) is 29.2 Å². The minimum Gasteiger partial charge on any atom is -0.294 e. The molecule has 114 valence electrons. The molecule has 2 heterocycles. The molecule has 3 nitrogen and oxygen atoms in total. The number of pyridine rings is 2. The quantitative estimate of drug-likeness (QED) is 0.669. The standard InChI is InChI=1S/C18H12ClFN2O/c19-15-9-12(5-7-16(15)20)18(23)10-14-6-4-13(11-22-14)17-3-1-2-8-21-17/h1-9,11H,10H2. The summed E-state index contributed by atoms with van der Waals surface area (Å²) in [5.74, 6) is -0.703. The molecule has 3 rings (SSSR count). The number of aromatic nitrogens is 2. The van der Waals surface area contributed by atoms with Gasteiger partial charge in [-0.3, -0.25) is 14.8 Å². The van der Waals surface area contributed by atoms with Gasteiger partial charge in [-0.05, 0) is 42.5 Å². The lowest BCUT2D eigenvalue weighted by molar-refractivity contribution is 0.0992. The normalized spacial score (nSPS) is 10.5. The molecular formula is C18H12ClFN2O.